The maximum absolute atomic E-state index is 11.2. The Hall–Kier alpha value is -1.52. The Balaban J connectivity index is 2.40. The molecule has 1 N–H and O–H groups in total. The van der Waals surface area contributed by atoms with Gasteiger partial charge in [0.2, 0.25) is 0 Å². The van der Waals surface area contributed by atoms with Crippen molar-refractivity contribution in [3.8, 4) is 5.75 Å². The molecule has 1 unspecified atom stereocenters. The fourth-order valence-corrected chi connectivity index (χ4v) is 1.62. The minimum Gasteiger partial charge on any atom is -0.489 e. The van der Waals surface area contributed by atoms with Gasteiger partial charge in [-0.1, -0.05) is 11.6 Å². The molecule has 17 heavy (non-hydrogen) atoms. The van der Waals surface area contributed by atoms with Gasteiger partial charge in [-0.25, -0.2) is 4.79 Å². The van der Waals surface area contributed by atoms with E-state index in [0.717, 1.165) is 10.9 Å². The first-order valence-corrected chi connectivity index (χ1v) is 5.49. The summed E-state index contributed by atoms with van der Waals surface area (Å²) in [6.07, 6.45) is 0. The van der Waals surface area contributed by atoms with E-state index < -0.39 is 11.2 Å². The predicted octanol–water partition coefficient (Wildman–Crippen LogP) is 2.04. The first-order valence-electron chi connectivity index (χ1n) is 5.06. The molecule has 0 fully saturated rings. The number of benzene rings is 1. The zero-order valence-corrected chi connectivity index (χ0v) is 9.90. The zero-order valence-electron chi connectivity index (χ0n) is 9.14. The van der Waals surface area contributed by atoms with Gasteiger partial charge in [0.05, 0.1) is 0 Å². The zero-order chi connectivity index (χ0) is 12.4. The van der Waals surface area contributed by atoms with Gasteiger partial charge in [-0.2, -0.15) is 0 Å². The van der Waals surface area contributed by atoms with E-state index in [-0.39, 0.29) is 6.61 Å². The molecule has 4 nitrogen and oxygen atoms in total. The van der Waals surface area contributed by atoms with Crippen molar-refractivity contribution in [3.63, 3.8) is 0 Å². The summed E-state index contributed by atoms with van der Waals surface area (Å²) in [5, 5.41) is 9.73. The van der Waals surface area contributed by atoms with Crippen molar-refractivity contribution >= 4 is 22.6 Å². The number of rotatable bonds is 3. The lowest BCUT2D eigenvalue weighted by Gasteiger charge is -2.07. The Morgan fingerprint density at radius 2 is 2.24 bits per heavy atom. The van der Waals surface area contributed by atoms with E-state index in [9.17, 15) is 4.79 Å². The summed E-state index contributed by atoms with van der Waals surface area (Å²) in [6.45, 7) is 1.81. The molecule has 0 bridgehead atoms. The van der Waals surface area contributed by atoms with Gasteiger partial charge in [0.1, 0.15) is 17.9 Å². The molecule has 0 aliphatic rings. The molecule has 0 aliphatic carbocycles. The van der Waals surface area contributed by atoms with E-state index in [1.165, 1.54) is 6.07 Å². The molecule has 5 heteroatoms. The maximum Gasteiger partial charge on any atom is 0.336 e. The van der Waals surface area contributed by atoms with Crippen molar-refractivity contribution in [2.45, 2.75) is 12.5 Å². The number of aliphatic hydroxyl groups is 1. The number of ether oxygens (including phenoxy) is 1. The molecule has 1 heterocycles. The highest BCUT2D eigenvalue weighted by molar-refractivity contribution is 6.19. The normalized spacial score (nSPS) is 12.6. The van der Waals surface area contributed by atoms with Crippen LogP contribution in [0.25, 0.3) is 11.0 Å². The van der Waals surface area contributed by atoms with Gasteiger partial charge in [-0.05, 0) is 24.6 Å². The maximum atomic E-state index is 11.2. The highest BCUT2D eigenvalue weighted by atomic mass is 35.5. The van der Waals surface area contributed by atoms with E-state index in [2.05, 4.69) is 0 Å². The summed E-state index contributed by atoms with van der Waals surface area (Å²) < 4.78 is 10.3. The van der Waals surface area contributed by atoms with Crippen LogP contribution in [0.2, 0.25) is 0 Å². The SMILES string of the molecule is Cc1cc(=O)oc2cc(OCC(O)Cl)ccc12. The van der Waals surface area contributed by atoms with Crippen LogP contribution < -0.4 is 10.4 Å². The third-order valence-electron chi connectivity index (χ3n) is 2.31. The summed E-state index contributed by atoms with van der Waals surface area (Å²) in [5.74, 6) is 0.492. The molecule has 0 saturated carbocycles. The lowest BCUT2D eigenvalue weighted by atomic mass is 10.1. The Labute approximate surface area is 102 Å². The standard InChI is InChI=1S/C12H11ClO4/c1-7-4-12(15)17-10-5-8(2-3-9(7)10)16-6-11(13)14/h2-5,11,14H,6H2,1H3. The lowest BCUT2D eigenvalue weighted by Crippen LogP contribution is -2.10. The third kappa shape index (κ3) is 2.78. The Kier molecular flexibility index (Phi) is 3.36. The molecule has 0 spiro atoms. The van der Waals surface area contributed by atoms with E-state index >= 15 is 0 Å². The smallest absolute Gasteiger partial charge is 0.336 e. The topological polar surface area (TPSA) is 59.7 Å². The van der Waals surface area contributed by atoms with E-state index in [0.29, 0.717) is 11.3 Å². The minimum atomic E-state index is -1.06. The van der Waals surface area contributed by atoms with Crippen LogP contribution in [-0.4, -0.2) is 17.3 Å². The van der Waals surface area contributed by atoms with Crippen LogP contribution in [-0.2, 0) is 0 Å². The summed E-state index contributed by atoms with van der Waals surface area (Å²) in [5.41, 5.74) is -0.156. The molecule has 0 saturated heterocycles. The molecule has 0 amide bonds. The van der Waals surface area contributed by atoms with Crippen LogP contribution in [0, 0.1) is 6.92 Å². The highest BCUT2D eigenvalue weighted by Gasteiger charge is 2.05. The van der Waals surface area contributed by atoms with Crippen molar-refractivity contribution in [3.05, 3.63) is 40.2 Å². The van der Waals surface area contributed by atoms with Crippen molar-refractivity contribution in [1.29, 1.82) is 0 Å². The van der Waals surface area contributed by atoms with Gasteiger partial charge >= 0.3 is 5.63 Å². The fourth-order valence-electron chi connectivity index (χ4n) is 1.56. The molecule has 90 valence electrons. The summed E-state index contributed by atoms with van der Waals surface area (Å²) in [4.78, 5) is 11.2. The second kappa shape index (κ2) is 4.77. The van der Waals surface area contributed by atoms with Gasteiger partial charge in [-0.15, -0.1) is 0 Å². The number of fused-ring (bicyclic) bond motifs is 1. The molecule has 2 rings (SSSR count). The number of hydrogen-bond acceptors (Lipinski definition) is 4. The molecule has 0 aliphatic heterocycles. The van der Waals surface area contributed by atoms with Gasteiger partial charge < -0.3 is 14.3 Å². The van der Waals surface area contributed by atoms with Crippen LogP contribution in [0.15, 0.2) is 33.5 Å². The van der Waals surface area contributed by atoms with Gasteiger partial charge in [0.25, 0.3) is 0 Å². The molecule has 1 aromatic carbocycles. The third-order valence-corrected chi connectivity index (χ3v) is 2.44. The molecule has 0 radical (unpaired) electrons. The summed E-state index contributed by atoms with van der Waals surface area (Å²) in [7, 11) is 0. The molecular weight excluding hydrogens is 244 g/mol. The Bertz CT molecular complexity index is 589. The largest absolute Gasteiger partial charge is 0.489 e. The van der Waals surface area contributed by atoms with Crippen LogP contribution in [0.5, 0.6) is 5.75 Å². The van der Waals surface area contributed by atoms with Crippen molar-refractivity contribution < 1.29 is 14.3 Å². The molecule has 1 atom stereocenters. The first-order chi connectivity index (χ1) is 8.06. The van der Waals surface area contributed by atoms with Gasteiger partial charge in [0.15, 0.2) is 5.56 Å². The second-order valence-electron chi connectivity index (χ2n) is 3.65. The van der Waals surface area contributed by atoms with E-state index in [1.807, 2.05) is 6.92 Å². The summed E-state index contributed by atoms with van der Waals surface area (Å²) in [6, 6.07) is 6.56. The predicted molar refractivity (Wildman–Crippen MR) is 64.6 cm³/mol. The number of aliphatic hydroxyl groups excluding tert-OH is 1. The van der Waals surface area contributed by atoms with Crippen LogP contribution in [0.3, 0.4) is 0 Å². The quantitative estimate of drug-likeness (QED) is 0.673. The van der Waals surface area contributed by atoms with Crippen LogP contribution >= 0.6 is 11.6 Å². The van der Waals surface area contributed by atoms with Gasteiger partial charge in [0, 0.05) is 17.5 Å². The number of halogens is 1. The number of alkyl halides is 1. The van der Waals surface area contributed by atoms with Crippen molar-refractivity contribution in [2.24, 2.45) is 0 Å². The van der Waals surface area contributed by atoms with Crippen LogP contribution in [0.1, 0.15) is 5.56 Å². The first kappa shape index (κ1) is 12.0. The number of hydrogen-bond donors (Lipinski definition) is 1. The highest BCUT2D eigenvalue weighted by Crippen LogP contribution is 2.22. The monoisotopic (exact) mass is 254 g/mol. The average molecular weight is 255 g/mol. The molecule has 2 aromatic rings. The lowest BCUT2D eigenvalue weighted by molar-refractivity contribution is 0.169. The average Bonchev–Trinajstić information content (AvgIpc) is 2.25. The van der Waals surface area contributed by atoms with Gasteiger partial charge in [-0.3, -0.25) is 0 Å². The number of aryl methyl sites for hydroxylation is 1. The minimum absolute atomic E-state index is 0.0247. The van der Waals surface area contributed by atoms with E-state index in [1.54, 1.807) is 18.2 Å². The fraction of sp³-hybridized carbons (Fsp3) is 0.250. The van der Waals surface area contributed by atoms with Crippen molar-refractivity contribution in [2.75, 3.05) is 6.61 Å². The Morgan fingerprint density at radius 3 is 2.94 bits per heavy atom. The second-order valence-corrected chi connectivity index (χ2v) is 4.16. The van der Waals surface area contributed by atoms with Crippen LogP contribution in [0.4, 0.5) is 0 Å². The van der Waals surface area contributed by atoms with E-state index in [4.69, 9.17) is 25.9 Å². The van der Waals surface area contributed by atoms with Crippen molar-refractivity contribution in [1.82, 2.24) is 0 Å². The Morgan fingerprint density at radius 1 is 1.47 bits per heavy atom. The molecule has 1 aromatic heterocycles. The summed E-state index contributed by atoms with van der Waals surface area (Å²) >= 11 is 5.35. The molecular formula is C12H11ClO4.